The Labute approximate surface area is 248 Å². The number of amides is 1. The number of imidazole rings is 1. The van der Waals surface area contributed by atoms with Crippen LogP contribution in [0.1, 0.15) is 73.6 Å². The summed E-state index contributed by atoms with van der Waals surface area (Å²) in [5.41, 5.74) is 7.04. The van der Waals surface area contributed by atoms with Crippen molar-refractivity contribution in [1.29, 1.82) is 0 Å². The summed E-state index contributed by atoms with van der Waals surface area (Å²) in [6.07, 6.45) is 11.6. The predicted molar refractivity (Wildman–Crippen MR) is 169 cm³/mol. The second-order valence-electron chi connectivity index (χ2n) is 12.8. The number of unbranched alkanes of at least 4 members (excludes halogenated alkanes) is 1. The molecule has 2 aliphatic carbocycles. The Bertz CT molecular complexity index is 1560. The Morgan fingerprint density at radius 2 is 1.95 bits per heavy atom. The number of hydrogen-bond donors (Lipinski definition) is 3. The van der Waals surface area contributed by atoms with E-state index in [-0.39, 0.29) is 5.91 Å². The van der Waals surface area contributed by atoms with Crippen molar-refractivity contribution >= 4 is 28.6 Å². The summed E-state index contributed by atoms with van der Waals surface area (Å²) in [6, 6.07) is 10.9. The molecule has 1 unspecified atom stereocenters. The van der Waals surface area contributed by atoms with Gasteiger partial charge in [0.2, 0.25) is 5.95 Å². The number of carbonyl (C=O) groups excluding carboxylic acids is 1. The van der Waals surface area contributed by atoms with E-state index in [1.54, 1.807) is 0 Å². The van der Waals surface area contributed by atoms with Gasteiger partial charge in [-0.15, -0.1) is 0 Å². The van der Waals surface area contributed by atoms with Crippen LogP contribution in [0.2, 0.25) is 0 Å². The number of aryl methyl sites for hydroxylation is 2. The highest BCUT2D eigenvalue weighted by molar-refractivity contribution is 6.04. The quantitative estimate of drug-likeness (QED) is 0.176. The summed E-state index contributed by atoms with van der Waals surface area (Å²) in [4.78, 5) is 28.3. The van der Waals surface area contributed by atoms with Crippen LogP contribution in [0.5, 0.6) is 0 Å². The molecular weight excluding hydrogens is 524 g/mol. The first-order valence-corrected chi connectivity index (χ1v) is 15.5. The number of hydrogen-bond acceptors (Lipinski definition) is 6. The standard InChI is InChI=1S/C33H44N8O/c1-20(22-10-11-22)8-6-7-9-31-27(19-34-41(31)5)29-15-23(14-21(2)35-29)32(42)39-33-37-28-13-12-24(18-30(28)38-33)36-25-16-26(17-25)40(3)4/h12-15,18-20,22,25-26,36H,6-11,16-17H2,1-5H3,(H2,37,38,39,42). The largest absolute Gasteiger partial charge is 0.382 e. The third-order valence-corrected chi connectivity index (χ3v) is 9.23. The lowest BCUT2D eigenvalue weighted by molar-refractivity contribution is 0.102. The topological polar surface area (TPSA) is 104 Å². The number of fused-ring (bicyclic) bond motifs is 1. The van der Waals surface area contributed by atoms with E-state index in [2.05, 4.69) is 63.8 Å². The highest BCUT2D eigenvalue weighted by Crippen LogP contribution is 2.39. The fourth-order valence-corrected chi connectivity index (χ4v) is 6.27. The fraction of sp³-hybridized carbons (Fsp3) is 0.515. The highest BCUT2D eigenvalue weighted by Gasteiger charge is 2.30. The molecule has 4 aromatic rings. The van der Waals surface area contributed by atoms with Gasteiger partial charge in [-0.1, -0.05) is 19.8 Å². The molecule has 0 aliphatic heterocycles. The summed E-state index contributed by atoms with van der Waals surface area (Å²) in [7, 11) is 6.26. The molecule has 6 rings (SSSR count). The Balaban J connectivity index is 1.12. The van der Waals surface area contributed by atoms with Crippen molar-refractivity contribution in [2.75, 3.05) is 24.7 Å². The van der Waals surface area contributed by atoms with Crippen LogP contribution in [0.4, 0.5) is 11.6 Å². The molecule has 2 saturated carbocycles. The molecule has 2 fully saturated rings. The number of pyridine rings is 1. The maximum atomic E-state index is 13.4. The summed E-state index contributed by atoms with van der Waals surface area (Å²) in [5, 5.41) is 11.1. The zero-order chi connectivity index (χ0) is 29.4. The number of H-pyrrole nitrogens is 1. The fourth-order valence-electron chi connectivity index (χ4n) is 6.27. The van der Waals surface area contributed by atoms with Gasteiger partial charge in [-0.2, -0.15) is 5.10 Å². The lowest BCUT2D eigenvalue weighted by Gasteiger charge is -2.40. The lowest BCUT2D eigenvalue weighted by atomic mass is 9.86. The highest BCUT2D eigenvalue weighted by atomic mass is 16.1. The smallest absolute Gasteiger partial charge is 0.258 e. The summed E-state index contributed by atoms with van der Waals surface area (Å²) in [5.74, 6) is 2.01. The van der Waals surface area contributed by atoms with Crippen molar-refractivity contribution < 1.29 is 4.79 Å². The molecule has 3 N–H and O–H groups in total. The molecule has 1 atom stereocenters. The molecule has 9 heteroatoms. The molecule has 0 saturated heterocycles. The van der Waals surface area contributed by atoms with Gasteiger partial charge in [-0.3, -0.25) is 19.8 Å². The molecule has 3 aromatic heterocycles. The lowest BCUT2D eigenvalue weighted by Crippen LogP contribution is -2.46. The maximum Gasteiger partial charge on any atom is 0.258 e. The van der Waals surface area contributed by atoms with Crippen molar-refractivity contribution in [3.63, 3.8) is 0 Å². The van der Waals surface area contributed by atoms with Crippen LogP contribution < -0.4 is 10.6 Å². The Morgan fingerprint density at radius 1 is 1.14 bits per heavy atom. The third kappa shape index (κ3) is 6.36. The molecule has 0 radical (unpaired) electrons. The van der Waals surface area contributed by atoms with Crippen molar-refractivity contribution in [1.82, 2.24) is 29.6 Å². The van der Waals surface area contributed by atoms with Crippen molar-refractivity contribution in [2.24, 2.45) is 18.9 Å². The summed E-state index contributed by atoms with van der Waals surface area (Å²) < 4.78 is 1.95. The Hall–Kier alpha value is -3.72. The zero-order valence-electron chi connectivity index (χ0n) is 25.6. The van der Waals surface area contributed by atoms with Gasteiger partial charge in [-0.25, -0.2) is 4.98 Å². The SMILES string of the molecule is Cc1cc(C(=O)Nc2nc3ccc(NC4CC(N(C)C)C4)cc3[nH]2)cc(-c2cnn(C)c2CCCCC(C)C2CC2)n1. The molecule has 1 amide bonds. The van der Waals surface area contributed by atoms with Gasteiger partial charge in [0, 0.05) is 47.3 Å². The van der Waals surface area contributed by atoms with Crippen molar-refractivity contribution in [3.05, 3.63) is 53.5 Å². The minimum atomic E-state index is -0.220. The van der Waals surface area contributed by atoms with E-state index in [4.69, 9.17) is 4.98 Å². The van der Waals surface area contributed by atoms with Gasteiger partial charge in [-0.05, 0) is 102 Å². The monoisotopic (exact) mass is 568 g/mol. The first kappa shape index (κ1) is 28.4. The number of carbonyl (C=O) groups is 1. The average molecular weight is 569 g/mol. The second kappa shape index (κ2) is 11.9. The number of aromatic nitrogens is 5. The summed E-state index contributed by atoms with van der Waals surface area (Å²) >= 11 is 0. The number of nitrogens with zero attached hydrogens (tertiary/aromatic N) is 5. The van der Waals surface area contributed by atoms with Gasteiger partial charge in [0.15, 0.2) is 0 Å². The van der Waals surface area contributed by atoms with Crippen LogP contribution in [0.25, 0.3) is 22.3 Å². The van der Waals surface area contributed by atoms with Crippen molar-refractivity contribution in [2.45, 2.75) is 77.3 Å². The predicted octanol–water partition coefficient (Wildman–Crippen LogP) is 6.18. The van der Waals surface area contributed by atoms with Gasteiger partial charge >= 0.3 is 0 Å². The molecule has 42 heavy (non-hydrogen) atoms. The van der Waals surface area contributed by atoms with E-state index in [0.29, 0.717) is 23.6 Å². The molecule has 3 heterocycles. The van der Waals surface area contributed by atoms with Crippen LogP contribution in [0, 0.1) is 18.8 Å². The van der Waals surface area contributed by atoms with Crippen LogP contribution >= 0.6 is 0 Å². The van der Waals surface area contributed by atoms with E-state index < -0.39 is 0 Å². The molecule has 1 aromatic carbocycles. The minimum absolute atomic E-state index is 0.220. The average Bonchev–Trinajstić information content (AvgIpc) is 3.61. The van der Waals surface area contributed by atoms with E-state index in [0.717, 1.165) is 71.2 Å². The van der Waals surface area contributed by atoms with Gasteiger partial charge in [0.25, 0.3) is 5.91 Å². The first-order chi connectivity index (χ1) is 20.2. The van der Waals surface area contributed by atoms with Gasteiger partial charge in [0.1, 0.15) is 0 Å². The summed E-state index contributed by atoms with van der Waals surface area (Å²) in [6.45, 7) is 4.32. The van der Waals surface area contributed by atoms with E-state index >= 15 is 0 Å². The molecule has 9 nitrogen and oxygen atoms in total. The normalized spacial score (nSPS) is 19.2. The Morgan fingerprint density at radius 3 is 2.71 bits per heavy atom. The number of benzene rings is 1. The van der Waals surface area contributed by atoms with Crippen molar-refractivity contribution in [3.8, 4) is 11.3 Å². The molecular formula is C33H44N8O. The zero-order valence-corrected chi connectivity index (χ0v) is 25.6. The van der Waals surface area contributed by atoms with Crippen LogP contribution in [0.15, 0.2) is 36.5 Å². The van der Waals surface area contributed by atoms with E-state index in [1.165, 1.54) is 31.4 Å². The van der Waals surface area contributed by atoms with E-state index in [1.807, 2.05) is 43.0 Å². The van der Waals surface area contributed by atoms with Crippen LogP contribution in [0.3, 0.4) is 0 Å². The molecule has 0 bridgehead atoms. The van der Waals surface area contributed by atoms with Crippen LogP contribution in [-0.4, -0.2) is 61.7 Å². The first-order valence-electron chi connectivity index (χ1n) is 15.5. The van der Waals surface area contributed by atoms with E-state index in [9.17, 15) is 4.79 Å². The third-order valence-electron chi connectivity index (χ3n) is 9.23. The number of nitrogens with one attached hydrogen (secondary N) is 3. The minimum Gasteiger partial charge on any atom is -0.382 e. The number of anilines is 2. The van der Waals surface area contributed by atoms with Gasteiger partial charge in [0.05, 0.1) is 22.9 Å². The molecule has 0 spiro atoms. The molecule has 2 aliphatic rings. The maximum absolute atomic E-state index is 13.4. The molecule has 222 valence electrons. The second-order valence-corrected chi connectivity index (χ2v) is 12.8. The number of aromatic amines is 1. The van der Waals surface area contributed by atoms with Gasteiger partial charge < -0.3 is 15.2 Å². The van der Waals surface area contributed by atoms with Crippen LogP contribution in [-0.2, 0) is 13.5 Å². The number of rotatable bonds is 12. The Kier molecular flexibility index (Phi) is 8.03.